The first-order chi connectivity index (χ1) is 13.7. The van der Waals surface area contributed by atoms with Crippen LogP contribution in [0.15, 0.2) is 47.4 Å². The molecule has 1 amide bonds. The molecule has 1 unspecified atom stereocenters. The van der Waals surface area contributed by atoms with Crippen LogP contribution in [0.25, 0.3) is 0 Å². The molecule has 0 saturated heterocycles. The molecule has 29 heavy (non-hydrogen) atoms. The van der Waals surface area contributed by atoms with E-state index in [0.29, 0.717) is 5.56 Å². The number of hydrogen-bond acceptors (Lipinski definition) is 4. The van der Waals surface area contributed by atoms with Crippen LogP contribution in [0.3, 0.4) is 0 Å². The van der Waals surface area contributed by atoms with Crippen molar-refractivity contribution in [2.45, 2.75) is 50.6 Å². The summed E-state index contributed by atoms with van der Waals surface area (Å²) in [4.78, 5) is 13.2. The van der Waals surface area contributed by atoms with E-state index in [1.54, 1.807) is 26.2 Å². The van der Waals surface area contributed by atoms with Crippen molar-refractivity contribution in [1.29, 1.82) is 0 Å². The Morgan fingerprint density at radius 1 is 1.10 bits per heavy atom. The summed E-state index contributed by atoms with van der Waals surface area (Å²) in [6.45, 7) is 5.86. The summed E-state index contributed by atoms with van der Waals surface area (Å²) in [5.41, 5.74) is 2.05. The lowest BCUT2D eigenvalue weighted by Gasteiger charge is -2.24. The number of ether oxygens (including phenoxy) is 1. The number of aryl methyl sites for hydroxylation is 1. The zero-order chi connectivity index (χ0) is 21.2. The average molecular weight is 417 g/mol. The fourth-order valence-corrected chi connectivity index (χ4v) is 4.50. The standard InChI is InChI=1S/C22H28N2O4S/c1-14(2)21(16-6-10-18(28-4)11-7-16)23-22(25)20-13-19(12-5-15(20)3)29(26,27)24-17-8-9-17/h5-7,10-14,17,21,24H,8-9H2,1-4H3,(H,23,25). The second kappa shape index (κ2) is 8.55. The Morgan fingerprint density at radius 3 is 2.31 bits per heavy atom. The third kappa shape index (κ3) is 5.16. The van der Waals surface area contributed by atoms with Crippen molar-refractivity contribution in [2.75, 3.05) is 7.11 Å². The fraction of sp³-hybridized carbons (Fsp3) is 0.409. The third-order valence-corrected chi connectivity index (χ3v) is 6.61. The highest BCUT2D eigenvalue weighted by molar-refractivity contribution is 7.89. The number of carbonyl (C=O) groups excluding carboxylic acids is 1. The van der Waals surface area contributed by atoms with E-state index in [0.717, 1.165) is 29.7 Å². The van der Waals surface area contributed by atoms with Gasteiger partial charge in [-0.2, -0.15) is 0 Å². The topological polar surface area (TPSA) is 84.5 Å². The van der Waals surface area contributed by atoms with Crippen molar-refractivity contribution in [3.63, 3.8) is 0 Å². The van der Waals surface area contributed by atoms with Crippen LogP contribution < -0.4 is 14.8 Å². The van der Waals surface area contributed by atoms with E-state index in [1.807, 2.05) is 38.1 Å². The summed E-state index contributed by atoms with van der Waals surface area (Å²) >= 11 is 0. The quantitative estimate of drug-likeness (QED) is 0.689. The summed E-state index contributed by atoms with van der Waals surface area (Å²) in [6, 6.07) is 12.1. The van der Waals surface area contributed by atoms with E-state index >= 15 is 0 Å². The molecule has 0 aromatic heterocycles. The van der Waals surface area contributed by atoms with Crippen molar-refractivity contribution in [3.8, 4) is 5.75 Å². The second-order valence-electron chi connectivity index (χ2n) is 7.84. The van der Waals surface area contributed by atoms with Crippen LogP contribution in [0, 0.1) is 12.8 Å². The van der Waals surface area contributed by atoms with E-state index < -0.39 is 10.0 Å². The molecule has 1 atom stereocenters. The highest BCUT2D eigenvalue weighted by atomic mass is 32.2. The molecule has 1 fully saturated rings. The highest BCUT2D eigenvalue weighted by Gasteiger charge is 2.29. The SMILES string of the molecule is COc1ccc(C(NC(=O)c2cc(S(=O)(=O)NC3CC3)ccc2C)C(C)C)cc1. The van der Waals surface area contributed by atoms with E-state index in [1.165, 1.54) is 6.07 Å². The lowest BCUT2D eigenvalue weighted by Crippen LogP contribution is -2.32. The van der Waals surface area contributed by atoms with Gasteiger partial charge in [0.25, 0.3) is 5.91 Å². The number of benzene rings is 2. The van der Waals surface area contributed by atoms with Gasteiger partial charge in [-0.15, -0.1) is 0 Å². The van der Waals surface area contributed by atoms with Gasteiger partial charge in [0.15, 0.2) is 0 Å². The molecule has 3 rings (SSSR count). The molecule has 1 aliphatic rings. The van der Waals surface area contributed by atoms with Gasteiger partial charge in [-0.25, -0.2) is 13.1 Å². The maximum absolute atomic E-state index is 13.0. The molecule has 156 valence electrons. The molecule has 0 bridgehead atoms. The van der Waals surface area contributed by atoms with Crippen molar-refractivity contribution in [3.05, 3.63) is 59.2 Å². The minimum absolute atomic E-state index is 0.0129. The molecular formula is C22H28N2O4S. The van der Waals surface area contributed by atoms with Crippen molar-refractivity contribution >= 4 is 15.9 Å². The molecule has 0 heterocycles. The number of hydrogen-bond donors (Lipinski definition) is 2. The molecule has 0 aliphatic heterocycles. The van der Waals surface area contributed by atoms with Crippen LogP contribution >= 0.6 is 0 Å². The largest absolute Gasteiger partial charge is 0.497 e. The van der Waals surface area contributed by atoms with Gasteiger partial charge < -0.3 is 10.1 Å². The van der Waals surface area contributed by atoms with Crippen LogP contribution in [-0.4, -0.2) is 27.5 Å². The molecule has 2 N–H and O–H groups in total. The Morgan fingerprint density at radius 2 is 1.76 bits per heavy atom. The molecule has 0 radical (unpaired) electrons. The summed E-state index contributed by atoms with van der Waals surface area (Å²) < 4.78 is 32.9. The van der Waals surface area contributed by atoms with E-state index in [-0.39, 0.29) is 28.8 Å². The van der Waals surface area contributed by atoms with E-state index in [4.69, 9.17) is 4.74 Å². The summed E-state index contributed by atoms with van der Waals surface area (Å²) in [5.74, 6) is 0.607. The predicted molar refractivity (Wildman–Crippen MR) is 113 cm³/mol. The first-order valence-corrected chi connectivity index (χ1v) is 11.3. The van der Waals surface area contributed by atoms with Gasteiger partial charge in [-0.05, 0) is 61.1 Å². The van der Waals surface area contributed by atoms with Gasteiger partial charge in [0.2, 0.25) is 10.0 Å². The predicted octanol–water partition coefficient (Wildman–Crippen LogP) is 3.57. The van der Waals surface area contributed by atoms with Gasteiger partial charge >= 0.3 is 0 Å². The maximum atomic E-state index is 13.0. The number of nitrogens with one attached hydrogen (secondary N) is 2. The normalized spacial score (nSPS) is 15.2. The Bertz CT molecular complexity index is 980. The molecule has 1 aliphatic carbocycles. The van der Waals surface area contributed by atoms with Crippen molar-refractivity contribution in [1.82, 2.24) is 10.0 Å². The average Bonchev–Trinajstić information content (AvgIpc) is 3.49. The van der Waals surface area contributed by atoms with Gasteiger partial charge in [0, 0.05) is 11.6 Å². The van der Waals surface area contributed by atoms with Crippen LogP contribution in [0.2, 0.25) is 0 Å². The maximum Gasteiger partial charge on any atom is 0.252 e. The van der Waals surface area contributed by atoms with Crippen LogP contribution in [0.5, 0.6) is 5.75 Å². The van der Waals surface area contributed by atoms with Crippen molar-refractivity contribution in [2.24, 2.45) is 5.92 Å². The third-order valence-electron chi connectivity index (χ3n) is 5.09. The molecule has 0 spiro atoms. The number of methoxy groups -OCH3 is 1. The fourth-order valence-electron chi connectivity index (χ4n) is 3.17. The van der Waals surface area contributed by atoms with Crippen molar-refractivity contribution < 1.29 is 17.9 Å². The smallest absolute Gasteiger partial charge is 0.252 e. The summed E-state index contributed by atoms with van der Waals surface area (Å²) in [7, 11) is -2.01. The minimum Gasteiger partial charge on any atom is -0.497 e. The monoisotopic (exact) mass is 416 g/mol. The Hall–Kier alpha value is -2.38. The van der Waals surface area contributed by atoms with E-state index in [2.05, 4.69) is 10.0 Å². The number of sulfonamides is 1. The lowest BCUT2D eigenvalue weighted by atomic mass is 9.95. The summed E-state index contributed by atoms with van der Waals surface area (Å²) in [5, 5.41) is 3.06. The van der Waals surface area contributed by atoms with Gasteiger partial charge in [-0.1, -0.05) is 32.0 Å². The van der Waals surface area contributed by atoms with Crippen LogP contribution in [0.4, 0.5) is 0 Å². The van der Waals surface area contributed by atoms with Crippen LogP contribution in [-0.2, 0) is 10.0 Å². The first-order valence-electron chi connectivity index (χ1n) is 9.79. The Kier molecular flexibility index (Phi) is 6.29. The van der Waals surface area contributed by atoms with Gasteiger partial charge in [0.1, 0.15) is 5.75 Å². The number of carbonyl (C=O) groups is 1. The van der Waals surface area contributed by atoms with Crippen LogP contribution in [0.1, 0.15) is 54.2 Å². The minimum atomic E-state index is -3.62. The molecule has 2 aromatic carbocycles. The molecule has 6 nitrogen and oxygen atoms in total. The molecule has 2 aromatic rings. The summed E-state index contributed by atoms with van der Waals surface area (Å²) in [6.07, 6.45) is 1.72. The lowest BCUT2D eigenvalue weighted by molar-refractivity contribution is 0.0924. The Balaban J connectivity index is 1.84. The number of rotatable bonds is 8. The van der Waals surface area contributed by atoms with Gasteiger partial charge in [0.05, 0.1) is 18.0 Å². The number of amides is 1. The zero-order valence-corrected chi connectivity index (χ0v) is 18.0. The first kappa shape index (κ1) is 21.3. The zero-order valence-electron chi connectivity index (χ0n) is 17.2. The molecular weight excluding hydrogens is 388 g/mol. The molecule has 1 saturated carbocycles. The molecule has 7 heteroatoms. The highest BCUT2D eigenvalue weighted by Crippen LogP contribution is 2.26. The Labute approximate surface area is 172 Å². The second-order valence-corrected chi connectivity index (χ2v) is 9.55. The van der Waals surface area contributed by atoms with Gasteiger partial charge in [-0.3, -0.25) is 4.79 Å². The van der Waals surface area contributed by atoms with E-state index in [9.17, 15) is 13.2 Å².